The molecule has 0 spiro atoms. The minimum atomic E-state index is -0.503. The number of aliphatic imine (C=N–C) groups is 1. The van der Waals surface area contributed by atoms with Gasteiger partial charge in [0, 0.05) is 17.3 Å². The lowest BCUT2D eigenvalue weighted by Gasteiger charge is -2.20. The maximum Gasteiger partial charge on any atom is 0.266 e. The first-order valence-electron chi connectivity index (χ1n) is 12.0. The van der Waals surface area contributed by atoms with Gasteiger partial charge in [0.05, 0.1) is 16.6 Å². The molecule has 0 bridgehead atoms. The topological polar surface area (TPSA) is 65.1 Å². The van der Waals surface area contributed by atoms with Gasteiger partial charge < -0.3 is 0 Å². The molecule has 37 heavy (non-hydrogen) atoms. The average molecular weight is 492 g/mol. The van der Waals surface area contributed by atoms with E-state index in [4.69, 9.17) is 10.1 Å². The Morgan fingerprint density at radius 2 is 1.78 bits per heavy atom. The number of para-hydroxylation sites is 2. The van der Waals surface area contributed by atoms with Gasteiger partial charge in [0.1, 0.15) is 23.4 Å². The summed E-state index contributed by atoms with van der Waals surface area (Å²) in [6.45, 7) is 9.77. The third-order valence-corrected chi connectivity index (χ3v) is 6.22. The molecule has 6 nitrogen and oxygen atoms in total. The first-order valence-corrected chi connectivity index (χ1v) is 12.0. The summed E-state index contributed by atoms with van der Waals surface area (Å²) in [6, 6.07) is 22.5. The Balaban J connectivity index is 1.82. The number of fused-ring (bicyclic) bond motifs is 1. The van der Waals surface area contributed by atoms with Gasteiger partial charge in [-0.15, -0.1) is 0 Å². The van der Waals surface area contributed by atoms with Gasteiger partial charge in [0.2, 0.25) is 0 Å². The Morgan fingerprint density at radius 3 is 2.49 bits per heavy atom. The molecule has 7 heteroatoms. The number of rotatable bonds is 6. The molecular formula is C30H26FN5O. The summed E-state index contributed by atoms with van der Waals surface area (Å²) in [5.74, 6) is 0.704. The summed E-state index contributed by atoms with van der Waals surface area (Å²) in [6.07, 6.45) is 1.68. The molecule has 0 amide bonds. The van der Waals surface area contributed by atoms with Crippen molar-refractivity contribution in [1.29, 1.82) is 0 Å². The van der Waals surface area contributed by atoms with Gasteiger partial charge in [-0.3, -0.25) is 9.36 Å². The Labute approximate surface area is 214 Å². The highest BCUT2D eigenvalue weighted by Gasteiger charge is 2.26. The normalized spacial score (nSPS) is 12.3. The van der Waals surface area contributed by atoms with Gasteiger partial charge in [-0.05, 0) is 62.7 Å². The number of benzene rings is 3. The van der Waals surface area contributed by atoms with E-state index >= 15 is 0 Å². The molecule has 0 aliphatic carbocycles. The molecule has 5 rings (SSSR count). The molecule has 0 saturated heterocycles. The maximum absolute atomic E-state index is 14.2. The largest absolute Gasteiger partial charge is 0.268 e. The zero-order chi connectivity index (χ0) is 26.1. The van der Waals surface area contributed by atoms with Crippen molar-refractivity contribution in [1.82, 2.24) is 19.3 Å². The molecule has 0 aliphatic rings. The summed E-state index contributed by atoms with van der Waals surface area (Å²) in [7, 11) is 0. The molecule has 0 N–H and O–H groups in total. The lowest BCUT2D eigenvalue weighted by atomic mass is 10.0. The molecular weight excluding hydrogens is 465 g/mol. The Bertz CT molecular complexity index is 1720. The van der Waals surface area contributed by atoms with Gasteiger partial charge in [-0.1, -0.05) is 49.0 Å². The van der Waals surface area contributed by atoms with Crippen molar-refractivity contribution in [2.45, 2.75) is 26.8 Å². The Morgan fingerprint density at radius 1 is 1.05 bits per heavy atom. The molecule has 5 aromatic rings. The highest BCUT2D eigenvalue weighted by molar-refractivity contribution is 5.85. The lowest BCUT2D eigenvalue weighted by Crippen LogP contribution is -2.27. The maximum atomic E-state index is 14.2. The van der Waals surface area contributed by atoms with Crippen molar-refractivity contribution in [2.24, 2.45) is 4.99 Å². The average Bonchev–Trinajstić information content (AvgIpc) is 3.28. The number of aromatic nitrogens is 4. The van der Waals surface area contributed by atoms with Crippen LogP contribution >= 0.6 is 0 Å². The highest BCUT2D eigenvalue weighted by atomic mass is 19.1. The molecule has 3 aromatic carbocycles. The Kier molecular flexibility index (Phi) is 6.36. The second-order valence-electron chi connectivity index (χ2n) is 8.81. The van der Waals surface area contributed by atoms with E-state index in [0.29, 0.717) is 45.1 Å². The van der Waals surface area contributed by atoms with Crippen molar-refractivity contribution in [3.05, 3.63) is 113 Å². The molecule has 2 heterocycles. The minimum Gasteiger partial charge on any atom is -0.268 e. The van der Waals surface area contributed by atoms with E-state index in [-0.39, 0.29) is 11.4 Å². The summed E-state index contributed by atoms with van der Waals surface area (Å²) < 4.78 is 17.5. The fourth-order valence-electron chi connectivity index (χ4n) is 4.54. The third kappa shape index (κ3) is 4.29. The van der Waals surface area contributed by atoms with E-state index in [9.17, 15) is 9.18 Å². The van der Waals surface area contributed by atoms with Gasteiger partial charge >= 0.3 is 0 Å². The lowest BCUT2D eigenvalue weighted by molar-refractivity contribution is 0.528. The molecule has 0 aliphatic heterocycles. The number of hydrogen-bond acceptors (Lipinski definition) is 4. The monoisotopic (exact) mass is 491 g/mol. The standard InChI is InChI=1S/C30H26FN5O/c1-5-32-29-26(19(2)3)27(21-12-11-13-22(31)18-21)34-36(29)20(4)28-33-25-17-10-9-16-24(25)30(37)35(28)23-14-7-6-8-15-23/h5-18,20H,2H2,1,3-4H3/b32-5-. The van der Waals surface area contributed by atoms with Gasteiger partial charge in [-0.2, -0.15) is 5.10 Å². The van der Waals surface area contributed by atoms with Gasteiger partial charge in [-0.25, -0.2) is 19.0 Å². The minimum absolute atomic E-state index is 0.170. The fraction of sp³-hybridized carbons (Fsp3) is 0.133. The predicted molar refractivity (Wildman–Crippen MR) is 147 cm³/mol. The van der Waals surface area contributed by atoms with Crippen LogP contribution in [-0.4, -0.2) is 25.5 Å². The molecule has 184 valence electrons. The molecule has 0 radical (unpaired) electrons. The predicted octanol–water partition coefficient (Wildman–Crippen LogP) is 6.75. The Hall–Kier alpha value is -4.65. The van der Waals surface area contributed by atoms with Crippen LogP contribution in [0.3, 0.4) is 0 Å². The molecule has 0 fully saturated rings. The van der Waals surface area contributed by atoms with Crippen molar-refractivity contribution >= 4 is 28.5 Å². The quantitative estimate of drug-likeness (QED) is 0.247. The van der Waals surface area contributed by atoms with Crippen LogP contribution in [0.15, 0.2) is 95.2 Å². The van der Waals surface area contributed by atoms with Gasteiger partial charge in [0.15, 0.2) is 5.82 Å². The summed E-state index contributed by atoms with van der Waals surface area (Å²) in [5, 5.41) is 5.43. The van der Waals surface area contributed by atoms with Crippen LogP contribution in [-0.2, 0) is 0 Å². The van der Waals surface area contributed by atoms with Crippen molar-refractivity contribution < 1.29 is 4.39 Å². The number of halogens is 1. The van der Waals surface area contributed by atoms with Crippen LogP contribution in [0.1, 0.15) is 38.2 Å². The zero-order valence-corrected chi connectivity index (χ0v) is 20.9. The van der Waals surface area contributed by atoms with E-state index < -0.39 is 6.04 Å². The van der Waals surface area contributed by atoms with Crippen LogP contribution in [0, 0.1) is 5.82 Å². The van der Waals surface area contributed by atoms with E-state index in [0.717, 1.165) is 5.57 Å². The second-order valence-corrected chi connectivity index (χ2v) is 8.81. The van der Waals surface area contributed by atoms with Crippen LogP contribution < -0.4 is 5.56 Å². The molecule has 2 aromatic heterocycles. The number of nitrogens with zero attached hydrogens (tertiary/aromatic N) is 5. The van der Waals surface area contributed by atoms with E-state index in [2.05, 4.69) is 11.6 Å². The third-order valence-electron chi connectivity index (χ3n) is 6.22. The van der Waals surface area contributed by atoms with Crippen molar-refractivity contribution in [2.75, 3.05) is 0 Å². The smallest absolute Gasteiger partial charge is 0.266 e. The number of hydrogen-bond donors (Lipinski definition) is 0. The summed E-state index contributed by atoms with van der Waals surface area (Å²) in [5.41, 5.74) is 3.76. The van der Waals surface area contributed by atoms with Gasteiger partial charge in [0.25, 0.3) is 5.56 Å². The first-order chi connectivity index (χ1) is 17.9. The SMILES string of the molecule is C=C(C)c1c(-c2cccc(F)c2)nn(C(C)c2nc3ccccc3c(=O)n2-c2ccccc2)c1/N=C\C. The summed E-state index contributed by atoms with van der Waals surface area (Å²) in [4.78, 5) is 23.3. The molecule has 1 atom stereocenters. The second kappa shape index (κ2) is 9.78. The van der Waals surface area contributed by atoms with Crippen molar-refractivity contribution in [3.8, 4) is 16.9 Å². The van der Waals surface area contributed by atoms with Crippen LogP contribution in [0.4, 0.5) is 10.2 Å². The molecule has 0 saturated carbocycles. The van der Waals surface area contributed by atoms with E-state index in [1.807, 2.05) is 69.3 Å². The fourth-order valence-corrected chi connectivity index (χ4v) is 4.54. The first kappa shape index (κ1) is 24.1. The van der Waals surface area contributed by atoms with E-state index in [1.165, 1.54) is 12.1 Å². The van der Waals surface area contributed by atoms with E-state index in [1.54, 1.807) is 33.7 Å². The van der Waals surface area contributed by atoms with Crippen molar-refractivity contribution in [3.63, 3.8) is 0 Å². The van der Waals surface area contributed by atoms with Crippen LogP contribution in [0.25, 0.3) is 33.4 Å². The highest BCUT2D eigenvalue weighted by Crippen LogP contribution is 2.38. The number of allylic oxidation sites excluding steroid dienone is 1. The van der Waals surface area contributed by atoms with Crippen LogP contribution in [0.5, 0.6) is 0 Å². The van der Waals surface area contributed by atoms with Crippen LogP contribution in [0.2, 0.25) is 0 Å². The molecule has 1 unspecified atom stereocenters. The zero-order valence-electron chi connectivity index (χ0n) is 20.9. The summed E-state index contributed by atoms with van der Waals surface area (Å²) >= 11 is 0.